The van der Waals surface area contributed by atoms with Crippen LogP contribution in [0, 0.1) is 6.92 Å². The van der Waals surface area contributed by atoms with Crippen molar-refractivity contribution in [1.29, 1.82) is 0 Å². The van der Waals surface area contributed by atoms with Gasteiger partial charge in [0.05, 0.1) is 0 Å². The number of carboxylic acid groups (broad SMARTS) is 1. The van der Waals surface area contributed by atoms with E-state index in [-0.39, 0.29) is 6.54 Å². The normalized spacial score (nSPS) is 10.6. The van der Waals surface area contributed by atoms with Gasteiger partial charge >= 0.3 is 5.97 Å². The molecule has 0 aromatic carbocycles. The number of fused-ring (bicyclic) bond motifs is 1. The first-order valence-electron chi connectivity index (χ1n) is 4.59. The van der Waals surface area contributed by atoms with Gasteiger partial charge in [-0.15, -0.1) is 0 Å². The first-order valence-corrected chi connectivity index (χ1v) is 4.59. The molecule has 0 aliphatic carbocycles. The van der Waals surface area contributed by atoms with E-state index in [0.717, 1.165) is 0 Å². The molecule has 0 spiro atoms. The lowest BCUT2D eigenvalue weighted by Gasteiger charge is -2.14. The minimum absolute atomic E-state index is 0.161. The van der Waals surface area contributed by atoms with Crippen molar-refractivity contribution in [2.45, 2.75) is 6.92 Å². The standard InChI is InChI=1S/C9H10N4O3/c1-5-7-8(16-12-5)9(11-4-10-7)13(2)3-6(14)15/h4H,3H2,1-2H3,(H,14,15). The van der Waals surface area contributed by atoms with E-state index in [0.29, 0.717) is 22.6 Å². The molecule has 0 aliphatic heterocycles. The quantitative estimate of drug-likeness (QED) is 0.805. The smallest absolute Gasteiger partial charge is 0.323 e. The third kappa shape index (κ3) is 1.67. The minimum Gasteiger partial charge on any atom is -0.480 e. The lowest BCUT2D eigenvalue weighted by molar-refractivity contribution is -0.135. The molecule has 0 saturated carbocycles. The third-order valence-electron chi connectivity index (χ3n) is 2.14. The zero-order chi connectivity index (χ0) is 11.7. The SMILES string of the molecule is Cc1noc2c(N(C)CC(=O)O)ncnc12. The van der Waals surface area contributed by atoms with E-state index in [1.54, 1.807) is 14.0 Å². The second kappa shape index (κ2) is 3.76. The summed E-state index contributed by atoms with van der Waals surface area (Å²) in [5, 5.41) is 12.5. The van der Waals surface area contributed by atoms with Gasteiger partial charge in [-0.3, -0.25) is 4.79 Å². The van der Waals surface area contributed by atoms with Crippen molar-refractivity contribution in [2.75, 3.05) is 18.5 Å². The van der Waals surface area contributed by atoms with E-state index in [1.165, 1.54) is 11.2 Å². The van der Waals surface area contributed by atoms with E-state index in [4.69, 9.17) is 9.63 Å². The molecule has 0 unspecified atom stereocenters. The number of rotatable bonds is 3. The number of nitrogens with zero attached hydrogens (tertiary/aromatic N) is 4. The Bertz CT molecular complexity index is 537. The highest BCUT2D eigenvalue weighted by atomic mass is 16.5. The van der Waals surface area contributed by atoms with Crippen molar-refractivity contribution in [3.8, 4) is 0 Å². The van der Waals surface area contributed by atoms with Crippen LogP contribution in [0.5, 0.6) is 0 Å². The van der Waals surface area contributed by atoms with Crippen LogP contribution in [0.2, 0.25) is 0 Å². The lowest BCUT2D eigenvalue weighted by atomic mass is 10.3. The fourth-order valence-corrected chi connectivity index (χ4v) is 1.41. The van der Waals surface area contributed by atoms with Crippen LogP contribution in [0.3, 0.4) is 0 Å². The molecular weight excluding hydrogens is 212 g/mol. The number of aromatic nitrogens is 3. The molecule has 7 heteroatoms. The summed E-state index contributed by atoms with van der Waals surface area (Å²) in [6.07, 6.45) is 1.36. The highest BCUT2D eigenvalue weighted by Gasteiger charge is 2.16. The summed E-state index contributed by atoms with van der Waals surface area (Å²) in [5.41, 5.74) is 1.66. The summed E-state index contributed by atoms with van der Waals surface area (Å²) in [6.45, 7) is 1.60. The van der Waals surface area contributed by atoms with Crippen molar-refractivity contribution in [1.82, 2.24) is 15.1 Å². The number of aryl methyl sites for hydroxylation is 1. The molecule has 0 bridgehead atoms. The molecule has 0 fully saturated rings. The monoisotopic (exact) mass is 222 g/mol. The van der Waals surface area contributed by atoms with Crippen LogP contribution >= 0.6 is 0 Å². The second-order valence-corrected chi connectivity index (χ2v) is 3.39. The topological polar surface area (TPSA) is 92.4 Å². The van der Waals surface area contributed by atoms with E-state index in [9.17, 15) is 4.79 Å². The third-order valence-corrected chi connectivity index (χ3v) is 2.14. The van der Waals surface area contributed by atoms with Crippen molar-refractivity contribution < 1.29 is 14.4 Å². The summed E-state index contributed by atoms with van der Waals surface area (Å²) >= 11 is 0. The van der Waals surface area contributed by atoms with E-state index in [1.807, 2.05) is 0 Å². The average Bonchev–Trinajstić information content (AvgIpc) is 2.59. The molecule has 1 N–H and O–H groups in total. The molecule has 2 heterocycles. The molecule has 2 aromatic rings. The number of carbonyl (C=O) groups is 1. The number of carboxylic acids is 1. The number of hydrogen-bond acceptors (Lipinski definition) is 6. The molecule has 0 radical (unpaired) electrons. The Morgan fingerprint density at radius 2 is 2.31 bits per heavy atom. The van der Waals surface area contributed by atoms with Gasteiger partial charge in [0.25, 0.3) is 0 Å². The Labute approximate surface area is 90.7 Å². The highest BCUT2D eigenvalue weighted by molar-refractivity contribution is 5.86. The first-order chi connectivity index (χ1) is 7.59. The van der Waals surface area contributed by atoms with Crippen LogP contribution in [-0.4, -0.2) is 39.8 Å². The second-order valence-electron chi connectivity index (χ2n) is 3.39. The zero-order valence-electron chi connectivity index (χ0n) is 8.84. The Morgan fingerprint density at radius 1 is 1.56 bits per heavy atom. The maximum atomic E-state index is 10.6. The van der Waals surface area contributed by atoms with Crippen molar-refractivity contribution >= 4 is 22.9 Å². The minimum atomic E-state index is -0.939. The van der Waals surface area contributed by atoms with Crippen LogP contribution in [0.1, 0.15) is 5.69 Å². The van der Waals surface area contributed by atoms with Crippen LogP contribution in [-0.2, 0) is 4.79 Å². The van der Waals surface area contributed by atoms with Gasteiger partial charge in [0.2, 0.25) is 5.58 Å². The fraction of sp³-hybridized carbons (Fsp3) is 0.333. The van der Waals surface area contributed by atoms with Gasteiger partial charge in [-0.25, -0.2) is 9.97 Å². The molecule has 7 nitrogen and oxygen atoms in total. The number of aliphatic carboxylic acids is 1. The zero-order valence-corrected chi connectivity index (χ0v) is 8.84. The van der Waals surface area contributed by atoms with E-state index in [2.05, 4.69) is 15.1 Å². The van der Waals surface area contributed by atoms with Gasteiger partial charge in [0, 0.05) is 7.05 Å². The summed E-state index contributed by atoms with van der Waals surface area (Å²) in [4.78, 5) is 20.1. The summed E-state index contributed by atoms with van der Waals surface area (Å²) in [5.74, 6) is -0.515. The van der Waals surface area contributed by atoms with Crippen LogP contribution in [0.25, 0.3) is 11.1 Å². The molecule has 2 aromatic heterocycles. The Kier molecular flexibility index (Phi) is 2.43. The summed E-state index contributed by atoms with van der Waals surface area (Å²) in [7, 11) is 1.62. The largest absolute Gasteiger partial charge is 0.480 e. The van der Waals surface area contributed by atoms with Crippen LogP contribution < -0.4 is 4.90 Å². The van der Waals surface area contributed by atoms with Gasteiger partial charge in [0.1, 0.15) is 24.1 Å². The number of likely N-dealkylation sites (N-methyl/N-ethyl adjacent to an activating group) is 1. The van der Waals surface area contributed by atoms with Gasteiger partial charge in [0.15, 0.2) is 5.82 Å². The molecule has 0 amide bonds. The van der Waals surface area contributed by atoms with Gasteiger partial charge in [-0.2, -0.15) is 0 Å². The van der Waals surface area contributed by atoms with E-state index < -0.39 is 5.97 Å². The molecular formula is C9H10N4O3. The van der Waals surface area contributed by atoms with Crippen molar-refractivity contribution in [2.24, 2.45) is 0 Å². The summed E-state index contributed by atoms with van der Waals surface area (Å²) < 4.78 is 5.07. The molecule has 16 heavy (non-hydrogen) atoms. The molecule has 84 valence electrons. The van der Waals surface area contributed by atoms with Gasteiger partial charge in [-0.05, 0) is 6.92 Å². The predicted octanol–water partition coefficient (Wildman–Crippen LogP) is 0.447. The highest BCUT2D eigenvalue weighted by Crippen LogP contribution is 2.23. The van der Waals surface area contributed by atoms with E-state index >= 15 is 0 Å². The van der Waals surface area contributed by atoms with Crippen molar-refractivity contribution in [3.63, 3.8) is 0 Å². The van der Waals surface area contributed by atoms with Crippen molar-refractivity contribution in [3.05, 3.63) is 12.0 Å². The molecule has 0 aliphatic rings. The maximum absolute atomic E-state index is 10.6. The van der Waals surface area contributed by atoms with Crippen LogP contribution in [0.15, 0.2) is 10.9 Å². The predicted molar refractivity (Wildman–Crippen MR) is 55.2 cm³/mol. The Hall–Kier alpha value is -2.18. The van der Waals surface area contributed by atoms with Crippen LogP contribution in [0.4, 0.5) is 5.82 Å². The maximum Gasteiger partial charge on any atom is 0.323 e. The van der Waals surface area contributed by atoms with Gasteiger partial charge < -0.3 is 14.5 Å². The Balaban J connectivity index is 2.48. The first kappa shape index (κ1) is 10.3. The Morgan fingerprint density at radius 3 is 3.00 bits per heavy atom. The molecule has 0 atom stereocenters. The number of hydrogen-bond donors (Lipinski definition) is 1. The lowest BCUT2D eigenvalue weighted by Crippen LogP contribution is -2.26. The molecule has 2 rings (SSSR count). The van der Waals surface area contributed by atoms with Gasteiger partial charge in [-0.1, -0.05) is 5.16 Å². The average molecular weight is 222 g/mol. The fourth-order valence-electron chi connectivity index (χ4n) is 1.41. The summed E-state index contributed by atoms with van der Waals surface area (Å²) in [6, 6.07) is 0. The number of anilines is 1. The molecule has 0 saturated heterocycles.